The Hall–Kier alpha value is -0.870. The van der Waals surface area contributed by atoms with E-state index in [1.165, 1.54) is 12.7 Å². The molecule has 0 saturated carbocycles. The summed E-state index contributed by atoms with van der Waals surface area (Å²) in [5.74, 6) is 0.0362. The highest BCUT2D eigenvalue weighted by atomic mass is 16.5. The molecule has 0 radical (unpaired) electrons. The van der Waals surface area contributed by atoms with Gasteiger partial charge in [0.2, 0.25) is 0 Å². The van der Waals surface area contributed by atoms with Crippen molar-refractivity contribution in [3.8, 4) is 0 Å². The van der Waals surface area contributed by atoms with Crippen LogP contribution < -0.4 is 0 Å². The van der Waals surface area contributed by atoms with E-state index in [1.807, 2.05) is 13.8 Å². The van der Waals surface area contributed by atoms with Gasteiger partial charge in [-0.05, 0) is 51.5 Å². The highest BCUT2D eigenvalue weighted by Crippen LogP contribution is 2.36. The lowest BCUT2D eigenvalue weighted by atomic mass is 9.93. The van der Waals surface area contributed by atoms with Crippen molar-refractivity contribution in [1.82, 2.24) is 0 Å². The van der Waals surface area contributed by atoms with E-state index in [2.05, 4.69) is 19.9 Å². The van der Waals surface area contributed by atoms with Gasteiger partial charge in [-0.3, -0.25) is 4.79 Å². The first-order chi connectivity index (χ1) is 9.69. The summed E-state index contributed by atoms with van der Waals surface area (Å²) < 4.78 is 10.8. The van der Waals surface area contributed by atoms with Gasteiger partial charge in [0.1, 0.15) is 0 Å². The van der Waals surface area contributed by atoms with Crippen molar-refractivity contribution in [2.75, 3.05) is 7.11 Å². The Labute approximate surface area is 128 Å². The lowest BCUT2D eigenvalue weighted by Gasteiger charge is -2.28. The van der Waals surface area contributed by atoms with E-state index >= 15 is 0 Å². The summed E-state index contributed by atoms with van der Waals surface area (Å²) in [5, 5.41) is 9.80. The minimum atomic E-state index is -0.466. The maximum atomic E-state index is 11.5. The fraction of sp³-hybridized carbons (Fsp3) is 0.824. The molecule has 0 aromatic heterocycles. The Kier molecular flexibility index (Phi) is 6.41. The zero-order valence-electron chi connectivity index (χ0n) is 14.2. The smallest absolute Gasteiger partial charge is 0.308 e. The molecule has 21 heavy (non-hydrogen) atoms. The molecule has 1 saturated heterocycles. The van der Waals surface area contributed by atoms with E-state index in [1.54, 1.807) is 6.92 Å². The molecule has 1 aliphatic rings. The summed E-state index contributed by atoms with van der Waals surface area (Å²) in [5.41, 5.74) is 0.742. The van der Waals surface area contributed by atoms with Crippen LogP contribution in [0.5, 0.6) is 0 Å². The molecule has 1 heterocycles. The van der Waals surface area contributed by atoms with Gasteiger partial charge in [0, 0.05) is 0 Å². The van der Waals surface area contributed by atoms with Gasteiger partial charge in [-0.2, -0.15) is 0 Å². The lowest BCUT2D eigenvalue weighted by molar-refractivity contribution is -0.145. The first-order valence-corrected chi connectivity index (χ1v) is 7.81. The molecule has 1 rings (SSSR count). The molecule has 0 aromatic rings. The summed E-state index contributed by atoms with van der Waals surface area (Å²) in [6, 6.07) is 0. The highest BCUT2D eigenvalue weighted by Gasteiger charge is 2.40. The number of carbonyl (C=O) groups excluding carboxylic acids is 1. The second-order valence-electron chi connectivity index (χ2n) is 6.68. The summed E-state index contributed by atoms with van der Waals surface area (Å²) in [6.45, 7) is 9.81. The van der Waals surface area contributed by atoms with Gasteiger partial charge >= 0.3 is 5.97 Å². The van der Waals surface area contributed by atoms with Gasteiger partial charge in [-0.25, -0.2) is 0 Å². The topological polar surface area (TPSA) is 55.8 Å². The average molecular weight is 298 g/mol. The quantitative estimate of drug-likeness (QED) is 0.605. The van der Waals surface area contributed by atoms with Crippen LogP contribution in [-0.2, 0) is 14.3 Å². The number of aliphatic hydroxyl groups is 1. The molecule has 0 amide bonds. The van der Waals surface area contributed by atoms with Gasteiger partial charge in [-0.1, -0.05) is 19.9 Å². The molecular weight excluding hydrogens is 268 g/mol. The van der Waals surface area contributed by atoms with Crippen molar-refractivity contribution >= 4 is 5.97 Å². The molecule has 0 aromatic carbocycles. The Morgan fingerprint density at radius 2 is 2.10 bits per heavy atom. The maximum absolute atomic E-state index is 11.5. The van der Waals surface area contributed by atoms with Crippen LogP contribution in [0.1, 0.15) is 53.9 Å². The number of methoxy groups -OCH3 is 1. The fourth-order valence-corrected chi connectivity index (χ4v) is 2.97. The Morgan fingerprint density at radius 3 is 2.57 bits per heavy atom. The van der Waals surface area contributed by atoms with Gasteiger partial charge in [0.15, 0.2) is 0 Å². The van der Waals surface area contributed by atoms with E-state index < -0.39 is 11.7 Å². The molecule has 1 fully saturated rings. The molecule has 122 valence electrons. The van der Waals surface area contributed by atoms with Crippen molar-refractivity contribution < 1.29 is 19.4 Å². The number of allylic oxidation sites excluding steroid dienone is 1. The highest BCUT2D eigenvalue weighted by molar-refractivity contribution is 5.71. The Balaban J connectivity index is 2.59. The molecular formula is C17H30O4. The molecule has 1 N–H and O–H groups in total. The monoisotopic (exact) mass is 298 g/mol. The minimum Gasteiger partial charge on any atom is -0.469 e. The van der Waals surface area contributed by atoms with Crippen LogP contribution in [0.15, 0.2) is 11.6 Å². The van der Waals surface area contributed by atoms with Gasteiger partial charge in [0.05, 0.1) is 30.8 Å². The molecule has 1 aliphatic heterocycles. The number of esters is 1. The lowest BCUT2D eigenvalue weighted by Crippen LogP contribution is -2.37. The van der Waals surface area contributed by atoms with Crippen molar-refractivity contribution in [1.29, 1.82) is 0 Å². The van der Waals surface area contributed by atoms with Crippen molar-refractivity contribution in [2.45, 2.75) is 71.7 Å². The number of rotatable bonds is 6. The minimum absolute atomic E-state index is 0.0699. The fourth-order valence-electron chi connectivity index (χ4n) is 2.97. The standard InChI is InChI=1S/C17H30O4/c1-11(10-13(3)16(19)20-6)9-12(2)15-7-8-17(5,21-15)14(4)18/h9,11,13-15,18H,7-8,10H2,1-6H3/b12-9+/t11-,13+,14+,15+,17+/m1/s1. The predicted octanol–water partition coefficient (Wildman–Crippen LogP) is 3.09. The Bertz CT molecular complexity index is 388. The van der Waals surface area contributed by atoms with Crippen LogP contribution in [0.4, 0.5) is 0 Å². The largest absolute Gasteiger partial charge is 0.469 e. The summed E-state index contributed by atoms with van der Waals surface area (Å²) in [4.78, 5) is 11.5. The van der Waals surface area contributed by atoms with Gasteiger partial charge in [0.25, 0.3) is 0 Å². The zero-order chi connectivity index (χ0) is 16.2. The zero-order valence-corrected chi connectivity index (χ0v) is 14.2. The van der Waals surface area contributed by atoms with Gasteiger partial charge < -0.3 is 14.6 Å². The third kappa shape index (κ3) is 4.82. The molecule has 4 heteroatoms. The molecule has 0 aliphatic carbocycles. The van der Waals surface area contributed by atoms with E-state index in [-0.39, 0.29) is 18.0 Å². The number of hydrogen-bond donors (Lipinski definition) is 1. The first kappa shape index (κ1) is 18.2. The molecule has 4 nitrogen and oxygen atoms in total. The number of aliphatic hydroxyl groups excluding tert-OH is 1. The SMILES string of the molecule is COC(=O)[C@@H](C)C[C@H](C)/C=C(\C)[C@@H]1CC[C@@](C)([C@H](C)O)O1. The number of ether oxygens (including phenoxy) is 2. The molecule has 0 bridgehead atoms. The molecule has 0 unspecified atom stereocenters. The summed E-state index contributed by atoms with van der Waals surface area (Å²) in [7, 11) is 1.42. The second-order valence-corrected chi connectivity index (χ2v) is 6.68. The average Bonchev–Trinajstić information content (AvgIpc) is 2.81. The van der Waals surface area contributed by atoms with Crippen molar-refractivity contribution in [2.24, 2.45) is 11.8 Å². The van der Waals surface area contributed by atoms with Crippen molar-refractivity contribution in [3.05, 3.63) is 11.6 Å². The Morgan fingerprint density at radius 1 is 1.48 bits per heavy atom. The first-order valence-electron chi connectivity index (χ1n) is 7.81. The number of carbonyl (C=O) groups is 1. The van der Waals surface area contributed by atoms with Crippen LogP contribution >= 0.6 is 0 Å². The molecule has 0 spiro atoms. The summed E-state index contributed by atoms with van der Waals surface area (Å²) in [6.07, 6.45) is 4.35. The van der Waals surface area contributed by atoms with E-state index in [4.69, 9.17) is 9.47 Å². The number of hydrogen-bond acceptors (Lipinski definition) is 4. The van der Waals surface area contributed by atoms with Crippen LogP contribution in [0.25, 0.3) is 0 Å². The van der Waals surface area contributed by atoms with E-state index in [0.29, 0.717) is 5.92 Å². The second kappa shape index (κ2) is 7.41. The predicted molar refractivity (Wildman–Crippen MR) is 82.9 cm³/mol. The van der Waals surface area contributed by atoms with Crippen LogP contribution in [0.2, 0.25) is 0 Å². The third-order valence-corrected chi connectivity index (χ3v) is 4.58. The van der Waals surface area contributed by atoms with E-state index in [9.17, 15) is 9.90 Å². The van der Waals surface area contributed by atoms with Crippen LogP contribution in [0, 0.1) is 11.8 Å². The van der Waals surface area contributed by atoms with E-state index in [0.717, 1.165) is 19.3 Å². The third-order valence-electron chi connectivity index (χ3n) is 4.58. The van der Waals surface area contributed by atoms with Crippen LogP contribution in [-0.4, -0.2) is 36.0 Å². The maximum Gasteiger partial charge on any atom is 0.308 e. The molecule has 5 atom stereocenters. The summed E-state index contributed by atoms with van der Waals surface area (Å²) >= 11 is 0. The van der Waals surface area contributed by atoms with Crippen LogP contribution in [0.3, 0.4) is 0 Å². The normalized spacial score (nSPS) is 30.8. The van der Waals surface area contributed by atoms with Crippen molar-refractivity contribution in [3.63, 3.8) is 0 Å². The van der Waals surface area contributed by atoms with Gasteiger partial charge in [-0.15, -0.1) is 0 Å².